The largest absolute Gasteiger partial charge is 0.336 e. The Bertz CT molecular complexity index is 758. The number of rotatable bonds is 2. The van der Waals surface area contributed by atoms with Gasteiger partial charge < -0.3 is 0 Å². The van der Waals surface area contributed by atoms with Crippen molar-refractivity contribution in [1.82, 2.24) is 9.03 Å². The molecule has 9 heteroatoms. The highest BCUT2D eigenvalue weighted by atomic mass is 32.2. The summed E-state index contributed by atoms with van der Waals surface area (Å²) in [7, 11) is -7.43. The molecule has 1 N–H and O–H groups in total. The highest BCUT2D eigenvalue weighted by molar-refractivity contribution is 7.89. The third-order valence-corrected chi connectivity index (χ3v) is 7.02. The first kappa shape index (κ1) is 15.9. The summed E-state index contributed by atoms with van der Waals surface area (Å²) in [5.41, 5.74) is 0.976. The standard InChI is InChI=1S/C13H18N2O5S2/c1-10-4-6-11(7-5-10)21(16,17)15-8-2-3-12-13(15)9-20-22(18,19)14-12/h4-7,12-14H,2-3,8-9H2,1H3. The average Bonchev–Trinajstić information content (AvgIpc) is 2.45. The van der Waals surface area contributed by atoms with Crippen molar-refractivity contribution in [1.29, 1.82) is 0 Å². The topological polar surface area (TPSA) is 92.8 Å². The molecule has 2 atom stereocenters. The number of nitrogens with zero attached hydrogens (tertiary/aromatic N) is 1. The van der Waals surface area contributed by atoms with Crippen LogP contribution in [0.2, 0.25) is 0 Å². The van der Waals surface area contributed by atoms with E-state index in [1.807, 2.05) is 6.92 Å². The number of sulfonamides is 1. The molecule has 2 unspecified atom stereocenters. The molecule has 7 nitrogen and oxygen atoms in total. The maximum Gasteiger partial charge on any atom is 0.336 e. The number of benzene rings is 1. The van der Waals surface area contributed by atoms with Crippen LogP contribution >= 0.6 is 0 Å². The molecule has 2 heterocycles. The van der Waals surface area contributed by atoms with Gasteiger partial charge in [0.25, 0.3) is 0 Å². The Hall–Kier alpha value is -1.00. The number of nitrogens with one attached hydrogen (secondary N) is 1. The van der Waals surface area contributed by atoms with E-state index in [4.69, 9.17) is 4.18 Å². The summed E-state index contributed by atoms with van der Waals surface area (Å²) in [5.74, 6) is 0. The number of fused-ring (bicyclic) bond motifs is 1. The van der Waals surface area contributed by atoms with Gasteiger partial charge >= 0.3 is 10.3 Å². The first-order chi connectivity index (χ1) is 10.3. The molecule has 22 heavy (non-hydrogen) atoms. The van der Waals surface area contributed by atoms with Gasteiger partial charge in [-0.3, -0.25) is 4.18 Å². The molecule has 0 aromatic heterocycles. The lowest BCUT2D eigenvalue weighted by molar-refractivity contribution is 0.120. The molecule has 0 bridgehead atoms. The van der Waals surface area contributed by atoms with Crippen LogP contribution in [0.1, 0.15) is 18.4 Å². The third-order valence-electron chi connectivity index (χ3n) is 4.05. The Kier molecular flexibility index (Phi) is 4.02. The lowest BCUT2D eigenvalue weighted by Crippen LogP contribution is -2.62. The Balaban J connectivity index is 1.92. The number of hydrogen-bond acceptors (Lipinski definition) is 5. The molecule has 0 aliphatic carbocycles. The molecule has 0 amide bonds. The van der Waals surface area contributed by atoms with Gasteiger partial charge in [0.1, 0.15) is 0 Å². The molecule has 3 rings (SSSR count). The van der Waals surface area contributed by atoms with Crippen molar-refractivity contribution in [3.63, 3.8) is 0 Å². The van der Waals surface area contributed by atoms with Crippen LogP contribution in [0.5, 0.6) is 0 Å². The molecule has 2 aliphatic rings. The lowest BCUT2D eigenvalue weighted by Gasteiger charge is -2.42. The maximum absolute atomic E-state index is 12.8. The van der Waals surface area contributed by atoms with E-state index in [-0.39, 0.29) is 11.5 Å². The highest BCUT2D eigenvalue weighted by Gasteiger charge is 2.44. The van der Waals surface area contributed by atoms with Crippen LogP contribution < -0.4 is 4.72 Å². The van der Waals surface area contributed by atoms with E-state index in [0.29, 0.717) is 19.4 Å². The van der Waals surface area contributed by atoms with Crippen LogP contribution in [0.25, 0.3) is 0 Å². The van der Waals surface area contributed by atoms with Gasteiger partial charge in [-0.1, -0.05) is 17.7 Å². The molecule has 1 aromatic rings. The van der Waals surface area contributed by atoms with Crippen LogP contribution in [0.3, 0.4) is 0 Å². The van der Waals surface area contributed by atoms with Gasteiger partial charge in [0, 0.05) is 12.6 Å². The smallest absolute Gasteiger partial charge is 0.256 e. The van der Waals surface area contributed by atoms with Gasteiger partial charge in [0.15, 0.2) is 0 Å². The molecule has 122 valence electrons. The fourth-order valence-corrected chi connectivity index (χ4v) is 5.60. The van der Waals surface area contributed by atoms with Crippen molar-refractivity contribution < 1.29 is 21.0 Å². The number of piperidine rings is 1. The van der Waals surface area contributed by atoms with E-state index in [2.05, 4.69) is 4.72 Å². The second kappa shape index (κ2) is 5.57. The average molecular weight is 346 g/mol. The summed E-state index contributed by atoms with van der Waals surface area (Å²) in [6.45, 7) is 2.10. The summed E-state index contributed by atoms with van der Waals surface area (Å²) >= 11 is 0. The third kappa shape index (κ3) is 2.91. The summed E-state index contributed by atoms with van der Waals surface area (Å²) < 4.78 is 57.1. The normalized spacial score (nSPS) is 29.0. The van der Waals surface area contributed by atoms with Gasteiger partial charge in [0.05, 0.1) is 17.5 Å². The minimum absolute atomic E-state index is 0.148. The zero-order valence-electron chi connectivity index (χ0n) is 12.1. The van der Waals surface area contributed by atoms with Gasteiger partial charge in [-0.05, 0) is 31.9 Å². The summed E-state index contributed by atoms with van der Waals surface area (Å²) in [4.78, 5) is 0.215. The van der Waals surface area contributed by atoms with Crippen molar-refractivity contribution in [3.05, 3.63) is 29.8 Å². The molecule has 0 spiro atoms. The SMILES string of the molecule is Cc1ccc(S(=O)(=O)N2CCCC3NS(=O)(=O)OCC32)cc1. The zero-order valence-corrected chi connectivity index (χ0v) is 13.7. The number of hydrogen-bond donors (Lipinski definition) is 1. The van der Waals surface area contributed by atoms with Crippen molar-refractivity contribution >= 4 is 20.3 Å². The first-order valence-electron chi connectivity index (χ1n) is 7.05. The van der Waals surface area contributed by atoms with Crippen LogP contribution in [-0.4, -0.2) is 46.4 Å². The van der Waals surface area contributed by atoms with Crippen LogP contribution in [0.4, 0.5) is 0 Å². The summed E-state index contributed by atoms with van der Waals surface area (Å²) in [5, 5.41) is 0. The minimum Gasteiger partial charge on any atom is -0.256 e. The first-order valence-corrected chi connectivity index (χ1v) is 9.90. The van der Waals surface area contributed by atoms with Gasteiger partial charge in [-0.15, -0.1) is 0 Å². The van der Waals surface area contributed by atoms with Crippen molar-refractivity contribution in [2.24, 2.45) is 0 Å². The van der Waals surface area contributed by atoms with Crippen LogP contribution in [-0.2, 0) is 24.5 Å². The molecular weight excluding hydrogens is 328 g/mol. The van der Waals surface area contributed by atoms with Gasteiger partial charge in [-0.2, -0.15) is 17.4 Å². The Morgan fingerprint density at radius 3 is 2.64 bits per heavy atom. The highest BCUT2D eigenvalue weighted by Crippen LogP contribution is 2.28. The molecule has 0 saturated carbocycles. The van der Waals surface area contributed by atoms with E-state index in [0.717, 1.165) is 5.56 Å². The van der Waals surface area contributed by atoms with Gasteiger partial charge in [-0.25, -0.2) is 8.42 Å². The quantitative estimate of drug-likeness (QED) is 0.836. The second-order valence-electron chi connectivity index (χ2n) is 5.60. The fourth-order valence-electron chi connectivity index (χ4n) is 2.89. The van der Waals surface area contributed by atoms with E-state index >= 15 is 0 Å². The molecule has 0 radical (unpaired) electrons. The Labute approximate surface area is 130 Å². The predicted octanol–water partition coefficient (Wildman–Crippen LogP) is 0.381. The van der Waals surface area contributed by atoms with E-state index in [1.54, 1.807) is 24.3 Å². The van der Waals surface area contributed by atoms with E-state index in [1.165, 1.54) is 4.31 Å². The number of aryl methyl sites for hydroxylation is 1. The van der Waals surface area contributed by atoms with E-state index in [9.17, 15) is 16.8 Å². The van der Waals surface area contributed by atoms with Crippen LogP contribution in [0.15, 0.2) is 29.2 Å². The lowest BCUT2D eigenvalue weighted by atomic mass is 10.0. The summed E-state index contributed by atoms with van der Waals surface area (Å²) in [6, 6.07) is 5.68. The van der Waals surface area contributed by atoms with Crippen molar-refractivity contribution in [2.75, 3.05) is 13.2 Å². The second-order valence-corrected chi connectivity index (χ2v) is 8.87. The predicted molar refractivity (Wildman–Crippen MR) is 79.9 cm³/mol. The molecule has 1 aromatic carbocycles. The fraction of sp³-hybridized carbons (Fsp3) is 0.538. The van der Waals surface area contributed by atoms with Gasteiger partial charge in [0.2, 0.25) is 10.0 Å². The van der Waals surface area contributed by atoms with Crippen LogP contribution in [0, 0.1) is 6.92 Å². The maximum atomic E-state index is 12.8. The van der Waals surface area contributed by atoms with Crippen molar-refractivity contribution in [3.8, 4) is 0 Å². The summed E-state index contributed by atoms with van der Waals surface area (Å²) in [6.07, 6.45) is 1.21. The minimum atomic E-state index is -3.76. The van der Waals surface area contributed by atoms with E-state index < -0.39 is 32.4 Å². The molecular formula is C13H18N2O5S2. The molecule has 2 saturated heterocycles. The van der Waals surface area contributed by atoms with Crippen molar-refractivity contribution in [2.45, 2.75) is 36.7 Å². The molecule has 2 fully saturated rings. The monoisotopic (exact) mass is 346 g/mol. The zero-order chi connectivity index (χ0) is 16.0. The Morgan fingerprint density at radius 2 is 1.95 bits per heavy atom. The Morgan fingerprint density at radius 1 is 1.27 bits per heavy atom. The molecule has 2 aliphatic heterocycles.